The molecule has 19 heavy (non-hydrogen) atoms. The number of nitrogens with zero attached hydrogens (tertiary/aromatic N) is 3. The Morgan fingerprint density at radius 1 is 1.37 bits per heavy atom. The summed E-state index contributed by atoms with van der Waals surface area (Å²) in [7, 11) is 0. The molecule has 0 atom stereocenters. The number of hydrogen-bond acceptors (Lipinski definition) is 5. The lowest BCUT2D eigenvalue weighted by atomic mass is 10.2. The first-order valence-electron chi connectivity index (χ1n) is 5.01. The van der Waals surface area contributed by atoms with Crippen LogP contribution in [0.2, 0.25) is 5.02 Å². The monoisotopic (exact) mass is 344 g/mol. The number of aromatic hydroxyl groups is 1. The fourth-order valence-corrected chi connectivity index (χ4v) is 2.05. The van der Waals surface area contributed by atoms with Crippen LogP contribution in [0.15, 0.2) is 34.1 Å². The van der Waals surface area contributed by atoms with Gasteiger partial charge in [-0.15, -0.1) is 0 Å². The van der Waals surface area contributed by atoms with Gasteiger partial charge in [-0.2, -0.15) is 5.10 Å². The minimum absolute atomic E-state index is 0.0876. The molecule has 5 nitrogen and oxygen atoms in total. The van der Waals surface area contributed by atoms with Crippen molar-refractivity contribution >= 4 is 39.7 Å². The number of anilines is 1. The third-order valence-electron chi connectivity index (χ3n) is 2.05. The van der Waals surface area contributed by atoms with Gasteiger partial charge in [0.15, 0.2) is 5.82 Å². The van der Waals surface area contributed by atoms with Gasteiger partial charge in [0, 0.05) is 10.0 Å². The molecule has 8 heteroatoms. The van der Waals surface area contributed by atoms with Gasteiger partial charge in [0.25, 0.3) is 0 Å². The number of hydrogen-bond donors (Lipinski definition) is 2. The molecule has 0 amide bonds. The summed E-state index contributed by atoms with van der Waals surface area (Å²) in [5.74, 6) is -0.486. The van der Waals surface area contributed by atoms with Gasteiger partial charge in [-0.1, -0.05) is 27.5 Å². The number of phenols is 1. The lowest BCUT2D eigenvalue weighted by Gasteiger charge is -2.02. The fourth-order valence-electron chi connectivity index (χ4n) is 1.21. The molecule has 1 aromatic carbocycles. The van der Waals surface area contributed by atoms with E-state index >= 15 is 0 Å². The number of benzene rings is 1. The molecule has 0 aliphatic rings. The van der Waals surface area contributed by atoms with Crippen molar-refractivity contribution in [3.05, 3.63) is 45.4 Å². The standard InChI is InChI=1S/C11H7BrClFN4O/c12-7-1-6(10(19)9(13)2-7)3-17-18-11-15-4-8(14)5-16-11/h1-5,19H,(H,15,16,18)/b17-3+. The van der Waals surface area contributed by atoms with Crippen LogP contribution >= 0.6 is 27.5 Å². The maximum absolute atomic E-state index is 12.6. The van der Waals surface area contributed by atoms with Gasteiger partial charge >= 0.3 is 0 Å². The maximum atomic E-state index is 12.6. The molecule has 0 fully saturated rings. The van der Waals surface area contributed by atoms with Crippen molar-refractivity contribution in [2.24, 2.45) is 5.10 Å². The number of rotatable bonds is 3. The summed E-state index contributed by atoms with van der Waals surface area (Å²) in [4.78, 5) is 7.32. The van der Waals surface area contributed by atoms with Crippen LogP contribution < -0.4 is 5.43 Å². The van der Waals surface area contributed by atoms with E-state index in [1.54, 1.807) is 12.1 Å². The van der Waals surface area contributed by atoms with Gasteiger partial charge < -0.3 is 5.11 Å². The highest BCUT2D eigenvalue weighted by Gasteiger charge is 2.05. The van der Waals surface area contributed by atoms with Gasteiger partial charge in [-0.25, -0.2) is 19.8 Å². The lowest BCUT2D eigenvalue weighted by Crippen LogP contribution is -1.97. The molecule has 2 aromatic rings. The van der Waals surface area contributed by atoms with E-state index in [4.69, 9.17) is 11.6 Å². The molecule has 0 bridgehead atoms. The van der Waals surface area contributed by atoms with E-state index in [0.717, 1.165) is 12.4 Å². The molecular weight excluding hydrogens is 339 g/mol. The molecule has 0 aliphatic carbocycles. The van der Waals surface area contributed by atoms with Gasteiger partial charge in [-0.3, -0.25) is 0 Å². The summed E-state index contributed by atoms with van der Waals surface area (Å²) in [6.07, 6.45) is 3.37. The van der Waals surface area contributed by atoms with E-state index in [1.807, 2.05) is 0 Å². The molecule has 2 rings (SSSR count). The molecule has 0 unspecified atom stereocenters. The molecule has 0 radical (unpaired) electrons. The normalized spacial score (nSPS) is 10.9. The second-order valence-corrected chi connectivity index (χ2v) is 4.74. The zero-order chi connectivity index (χ0) is 13.8. The van der Waals surface area contributed by atoms with Crippen molar-refractivity contribution in [1.82, 2.24) is 9.97 Å². The van der Waals surface area contributed by atoms with Gasteiger partial charge in [-0.05, 0) is 12.1 Å². The molecule has 0 aliphatic heterocycles. The quantitative estimate of drug-likeness (QED) is 0.662. The van der Waals surface area contributed by atoms with Crippen molar-refractivity contribution in [1.29, 1.82) is 0 Å². The first-order chi connectivity index (χ1) is 9.06. The molecular formula is C11H7BrClFN4O. The van der Waals surface area contributed by atoms with Crippen molar-refractivity contribution in [3.63, 3.8) is 0 Å². The minimum atomic E-state index is -0.536. The average Bonchev–Trinajstić information content (AvgIpc) is 2.37. The highest BCUT2D eigenvalue weighted by molar-refractivity contribution is 9.10. The first kappa shape index (κ1) is 13.7. The predicted octanol–water partition coefficient (Wildman–Crippen LogP) is 3.18. The van der Waals surface area contributed by atoms with E-state index in [1.165, 1.54) is 6.21 Å². The second kappa shape index (κ2) is 5.94. The predicted molar refractivity (Wildman–Crippen MR) is 74.0 cm³/mol. The molecule has 0 saturated carbocycles. The third-order valence-corrected chi connectivity index (χ3v) is 2.79. The van der Waals surface area contributed by atoms with E-state index in [0.29, 0.717) is 10.0 Å². The molecule has 1 aromatic heterocycles. The molecule has 98 valence electrons. The maximum Gasteiger partial charge on any atom is 0.243 e. The number of hydrazone groups is 1. The van der Waals surface area contributed by atoms with E-state index < -0.39 is 5.82 Å². The highest BCUT2D eigenvalue weighted by atomic mass is 79.9. The topological polar surface area (TPSA) is 70.4 Å². The minimum Gasteiger partial charge on any atom is -0.506 e. The number of aromatic nitrogens is 2. The Morgan fingerprint density at radius 2 is 2.05 bits per heavy atom. The van der Waals surface area contributed by atoms with Crippen LogP contribution in [0.1, 0.15) is 5.56 Å². The first-order valence-corrected chi connectivity index (χ1v) is 6.18. The van der Waals surface area contributed by atoms with Crippen LogP contribution in [-0.4, -0.2) is 21.3 Å². The Morgan fingerprint density at radius 3 is 2.74 bits per heavy atom. The number of halogens is 3. The summed E-state index contributed by atoms with van der Waals surface area (Å²) in [5.41, 5.74) is 2.91. The van der Waals surface area contributed by atoms with Crippen LogP contribution in [0.25, 0.3) is 0 Å². The summed E-state index contributed by atoms with van der Waals surface area (Å²) < 4.78 is 13.3. The Balaban J connectivity index is 2.13. The highest BCUT2D eigenvalue weighted by Crippen LogP contribution is 2.30. The fraction of sp³-hybridized carbons (Fsp3) is 0. The van der Waals surface area contributed by atoms with E-state index in [-0.39, 0.29) is 16.7 Å². The molecule has 1 heterocycles. The second-order valence-electron chi connectivity index (χ2n) is 3.42. The van der Waals surface area contributed by atoms with E-state index in [9.17, 15) is 9.50 Å². The van der Waals surface area contributed by atoms with E-state index in [2.05, 4.69) is 36.4 Å². The van der Waals surface area contributed by atoms with Crippen LogP contribution in [0.4, 0.5) is 10.3 Å². The van der Waals surface area contributed by atoms with Gasteiger partial charge in [0.1, 0.15) is 5.75 Å². The number of phenolic OH excluding ortho intramolecular Hbond substituents is 1. The van der Waals surface area contributed by atoms with Crippen LogP contribution in [0.5, 0.6) is 5.75 Å². The number of nitrogens with one attached hydrogen (secondary N) is 1. The third kappa shape index (κ3) is 3.62. The summed E-state index contributed by atoms with van der Waals surface area (Å²) >= 11 is 9.05. The summed E-state index contributed by atoms with van der Waals surface area (Å²) in [6, 6.07) is 3.20. The molecule has 0 spiro atoms. The largest absolute Gasteiger partial charge is 0.506 e. The van der Waals surface area contributed by atoms with Crippen molar-refractivity contribution in [2.75, 3.05) is 5.43 Å². The zero-order valence-corrected chi connectivity index (χ0v) is 11.7. The van der Waals surface area contributed by atoms with Crippen molar-refractivity contribution in [2.45, 2.75) is 0 Å². The Kier molecular flexibility index (Phi) is 4.28. The summed E-state index contributed by atoms with van der Waals surface area (Å²) in [5, 5.41) is 13.7. The van der Waals surface area contributed by atoms with Crippen LogP contribution in [0.3, 0.4) is 0 Å². The smallest absolute Gasteiger partial charge is 0.243 e. The zero-order valence-electron chi connectivity index (χ0n) is 9.31. The lowest BCUT2D eigenvalue weighted by molar-refractivity contribution is 0.474. The molecule has 2 N–H and O–H groups in total. The van der Waals surface area contributed by atoms with Gasteiger partial charge in [0.05, 0.1) is 23.6 Å². The Labute approximate surface area is 121 Å². The van der Waals surface area contributed by atoms with Crippen LogP contribution in [0, 0.1) is 5.82 Å². The molecule has 0 saturated heterocycles. The Hall–Kier alpha value is -1.73. The SMILES string of the molecule is Oc1c(Cl)cc(Br)cc1/C=N/Nc1ncc(F)cn1. The van der Waals surface area contributed by atoms with Gasteiger partial charge in [0.2, 0.25) is 5.95 Å². The average molecular weight is 346 g/mol. The Bertz CT molecular complexity index is 621. The summed E-state index contributed by atoms with van der Waals surface area (Å²) in [6.45, 7) is 0. The van der Waals surface area contributed by atoms with Crippen molar-refractivity contribution < 1.29 is 9.50 Å². The van der Waals surface area contributed by atoms with Crippen LogP contribution in [-0.2, 0) is 0 Å². The van der Waals surface area contributed by atoms with Crippen molar-refractivity contribution in [3.8, 4) is 5.75 Å².